The van der Waals surface area contributed by atoms with E-state index < -0.39 is 0 Å². The Kier molecular flexibility index (Phi) is 5.08. The normalized spacial score (nSPS) is 10.5. The van der Waals surface area contributed by atoms with Gasteiger partial charge < -0.3 is 10.1 Å². The first kappa shape index (κ1) is 18.4. The number of rotatable bonds is 5. The molecule has 1 amide bonds. The molecule has 0 fully saturated rings. The van der Waals surface area contributed by atoms with Crippen LogP contribution in [0.15, 0.2) is 91.0 Å². The van der Waals surface area contributed by atoms with E-state index in [9.17, 15) is 9.59 Å². The fraction of sp³-hybridized carbons (Fsp3) is 0.0400. The highest BCUT2D eigenvalue weighted by atomic mass is 16.5. The number of carbonyl (C=O) groups excluding carboxylic acids is 2. The lowest BCUT2D eigenvalue weighted by Gasteiger charge is -2.13. The molecule has 4 aromatic rings. The van der Waals surface area contributed by atoms with Gasteiger partial charge in [0.15, 0.2) is 5.78 Å². The van der Waals surface area contributed by atoms with E-state index in [2.05, 4.69) is 5.32 Å². The standard InChI is InChI=1S/C25H19NO3/c1-29-21-13-14-22(24(27)18-8-3-2-4-9-18)23(16-21)26-25(28)20-12-11-17-7-5-6-10-19(17)15-20/h2-16H,1H3,(H,26,28). The number of anilines is 1. The maximum atomic E-state index is 13.0. The van der Waals surface area contributed by atoms with Crippen LogP contribution in [0.25, 0.3) is 10.8 Å². The van der Waals surface area contributed by atoms with Gasteiger partial charge in [-0.05, 0) is 35.0 Å². The second-order valence-corrected chi connectivity index (χ2v) is 6.62. The number of fused-ring (bicyclic) bond motifs is 1. The van der Waals surface area contributed by atoms with Gasteiger partial charge in [-0.25, -0.2) is 0 Å². The van der Waals surface area contributed by atoms with Crippen LogP contribution in [-0.4, -0.2) is 18.8 Å². The topological polar surface area (TPSA) is 55.4 Å². The molecular formula is C25H19NO3. The number of nitrogens with one attached hydrogen (secondary N) is 1. The number of hydrogen-bond acceptors (Lipinski definition) is 3. The van der Waals surface area contributed by atoms with Crippen molar-refractivity contribution < 1.29 is 14.3 Å². The summed E-state index contributed by atoms with van der Waals surface area (Å²) in [5.41, 5.74) is 1.89. The molecule has 29 heavy (non-hydrogen) atoms. The Bertz CT molecular complexity index is 1200. The van der Waals surface area contributed by atoms with E-state index in [0.717, 1.165) is 10.8 Å². The van der Waals surface area contributed by atoms with E-state index in [4.69, 9.17) is 4.74 Å². The molecule has 0 bridgehead atoms. The van der Waals surface area contributed by atoms with E-state index in [1.165, 1.54) is 0 Å². The first-order valence-electron chi connectivity index (χ1n) is 9.23. The van der Waals surface area contributed by atoms with Crippen LogP contribution in [0.5, 0.6) is 5.75 Å². The number of benzene rings is 4. The highest BCUT2D eigenvalue weighted by molar-refractivity contribution is 6.15. The third kappa shape index (κ3) is 3.87. The Labute approximate surface area is 168 Å². The first-order chi connectivity index (χ1) is 14.2. The Morgan fingerprint density at radius 2 is 1.45 bits per heavy atom. The molecule has 0 heterocycles. The lowest BCUT2D eigenvalue weighted by molar-refractivity contribution is 0.102. The lowest BCUT2D eigenvalue weighted by Crippen LogP contribution is -2.15. The molecule has 4 heteroatoms. The summed E-state index contributed by atoms with van der Waals surface area (Å²) in [5.74, 6) is 0.108. The van der Waals surface area contributed by atoms with Crippen molar-refractivity contribution in [1.29, 1.82) is 0 Å². The molecule has 1 N–H and O–H groups in total. The molecule has 0 spiro atoms. The summed E-state index contributed by atoms with van der Waals surface area (Å²) in [6.45, 7) is 0. The average Bonchev–Trinajstić information content (AvgIpc) is 2.78. The summed E-state index contributed by atoms with van der Waals surface area (Å²) in [6.07, 6.45) is 0. The zero-order valence-electron chi connectivity index (χ0n) is 15.9. The van der Waals surface area contributed by atoms with Crippen LogP contribution < -0.4 is 10.1 Å². The van der Waals surface area contributed by atoms with Crippen molar-refractivity contribution in [2.24, 2.45) is 0 Å². The molecule has 4 nitrogen and oxygen atoms in total. The molecule has 0 radical (unpaired) electrons. The second-order valence-electron chi connectivity index (χ2n) is 6.62. The smallest absolute Gasteiger partial charge is 0.255 e. The van der Waals surface area contributed by atoms with Gasteiger partial charge in [0.1, 0.15) is 5.75 Å². The number of ketones is 1. The van der Waals surface area contributed by atoms with Crippen LogP contribution in [-0.2, 0) is 0 Å². The number of hydrogen-bond donors (Lipinski definition) is 1. The van der Waals surface area contributed by atoms with Gasteiger partial charge in [-0.1, -0.05) is 60.7 Å². The molecule has 142 valence electrons. The summed E-state index contributed by atoms with van der Waals surface area (Å²) in [5, 5.41) is 4.92. The lowest BCUT2D eigenvalue weighted by atomic mass is 10.0. The largest absolute Gasteiger partial charge is 0.497 e. The Morgan fingerprint density at radius 1 is 0.724 bits per heavy atom. The summed E-state index contributed by atoms with van der Waals surface area (Å²) >= 11 is 0. The van der Waals surface area contributed by atoms with Crippen LogP contribution in [0.1, 0.15) is 26.3 Å². The van der Waals surface area contributed by atoms with Crippen molar-refractivity contribution in [3.63, 3.8) is 0 Å². The van der Waals surface area contributed by atoms with Crippen molar-refractivity contribution in [3.05, 3.63) is 108 Å². The molecule has 0 saturated carbocycles. The van der Waals surface area contributed by atoms with Crippen LogP contribution >= 0.6 is 0 Å². The van der Waals surface area contributed by atoms with E-state index in [1.807, 2.05) is 54.6 Å². The Morgan fingerprint density at radius 3 is 2.21 bits per heavy atom. The molecule has 0 aliphatic rings. The molecule has 0 aliphatic heterocycles. The molecule has 0 unspecified atom stereocenters. The van der Waals surface area contributed by atoms with Gasteiger partial charge in [0.25, 0.3) is 5.91 Å². The number of amides is 1. The summed E-state index contributed by atoms with van der Waals surface area (Å²) in [6, 6.07) is 27.4. The van der Waals surface area contributed by atoms with Crippen LogP contribution in [0.2, 0.25) is 0 Å². The van der Waals surface area contributed by atoms with Gasteiger partial charge in [0, 0.05) is 22.8 Å². The third-order valence-corrected chi connectivity index (χ3v) is 4.77. The maximum Gasteiger partial charge on any atom is 0.255 e. The van der Waals surface area contributed by atoms with Gasteiger partial charge in [-0.15, -0.1) is 0 Å². The minimum absolute atomic E-state index is 0.165. The van der Waals surface area contributed by atoms with Crippen molar-refractivity contribution in [3.8, 4) is 5.75 Å². The second kappa shape index (κ2) is 7.98. The molecule has 0 saturated heterocycles. The van der Waals surface area contributed by atoms with E-state index in [1.54, 1.807) is 43.5 Å². The van der Waals surface area contributed by atoms with Crippen molar-refractivity contribution in [2.75, 3.05) is 12.4 Å². The van der Waals surface area contributed by atoms with E-state index >= 15 is 0 Å². The molecule has 4 rings (SSSR count). The Balaban J connectivity index is 1.69. The predicted molar refractivity (Wildman–Crippen MR) is 115 cm³/mol. The van der Waals surface area contributed by atoms with Crippen LogP contribution in [0, 0.1) is 0 Å². The minimum atomic E-state index is -0.286. The highest BCUT2D eigenvalue weighted by Gasteiger charge is 2.17. The number of ether oxygens (including phenoxy) is 1. The van der Waals surface area contributed by atoms with Crippen molar-refractivity contribution >= 4 is 28.2 Å². The fourth-order valence-corrected chi connectivity index (χ4v) is 3.22. The number of carbonyl (C=O) groups is 2. The molecular weight excluding hydrogens is 362 g/mol. The molecule has 0 atom stereocenters. The quantitative estimate of drug-likeness (QED) is 0.475. The van der Waals surface area contributed by atoms with Gasteiger partial charge in [0.05, 0.1) is 12.8 Å². The van der Waals surface area contributed by atoms with Crippen LogP contribution in [0.4, 0.5) is 5.69 Å². The number of methoxy groups -OCH3 is 1. The van der Waals surface area contributed by atoms with Crippen molar-refractivity contribution in [2.45, 2.75) is 0 Å². The summed E-state index contributed by atoms with van der Waals surface area (Å²) in [7, 11) is 1.54. The first-order valence-corrected chi connectivity index (χ1v) is 9.23. The van der Waals surface area contributed by atoms with Gasteiger partial charge >= 0.3 is 0 Å². The monoisotopic (exact) mass is 381 g/mol. The predicted octanol–water partition coefficient (Wildman–Crippen LogP) is 5.33. The van der Waals surface area contributed by atoms with Gasteiger partial charge in [-0.3, -0.25) is 9.59 Å². The van der Waals surface area contributed by atoms with Gasteiger partial charge in [0.2, 0.25) is 0 Å². The summed E-state index contributed by atoms with van der Waals surface area (Å²) in [4.78, 5) is 25.9. The average molecular weight is 381 g/mol. The maximum absolute atomic E-state index is 13.0. The fourth-order valence-electron chi connectivity index (χ4n) is 3.22. The van der Waals surface area contributed by atoms with E-state index in [-0.39, 0.29) is 11.7 Å². The molecule has 0 aromatic heterocycles. The zero-order valence-corrected chi connectivity index (χ0v) is 15.9. The van der Waals surface area contributed by atoms with Crippen molar-refractivity contribution in [1.82, 2.24) is 0 Å². The highest BCUT2D eigenvalue weighted by Crippen LogP contribution is 2.26. The van der Waals surface area contributed by atoms with E-state index in [0.29, 0.717) is 28.1 Å². The zero-order chi connectivity index (χ0) is 20.2. The SMILES string of the molecule is COc1ccc(C(=O)c2ccccc2)c(NC(=O)c2ccc3ccccc3c2)c1. The van der Waals surface area contributed by atoms with Gasteiger partial charge in [-0.2, -0.15) is 0 Å². The van der Waals surface area contributed by atoms with Crippen LogP contribution in [0.3, 0.4) is 0 Å². The molecule has 0 aliphatic carbocycles. The molecule has 4 aromatic carbocycles. The minimum Gasteiger partial charge on any atom is -0.497 e. The third-order valence-electron chi connectivity index (χ3n) is 4.77. The Hall–Kier alpha value is -3.92. The summed E-state index contributed by atoms with van der Waals surface area (Å²) < 4.78 is 5.28.